The highest BCUT2D eigenvalue weighted by molar-refractivity contribution is 7.89. The Hall–Kier alpha value is -1.40. The van der Waals surface area contributed by atoms with Gasteiger partial charge in [-0.25, -0.2) is 8.42 Å². The van der Waals surface area contributed by atoms with Crippen LogP contribution in [0, 0.1) is 19.8 Å². The van der Waals surface area contributed by atoms with E-state index in [0.717, 1.165) is 11.1 Å². The smallest absolute Gasteiger partial charge is 0.307 e. The fraction of sp³-hybridized carbons (Fsp3) is 0.462. The molecule has 0 saturated carbocycles. The predicted octanol–water partition coefficient (Wildman–Crippen LogP) is 1.40. The van der Waals surface area contributed by atoms with Crippen molar-refractivity contribution in [1.29, 1.82) is 0 Å². The molecule has 0 radical (unpaired) electrons. The third-order valence-corrected chi connectivity index (χ3v) is 5.18. The second kappa shape index (κ2) is 4.94. The molecular formula is C13H17NO4S. The van der Waals surface area contributed by atoms with Crippen molar-refractivity contribution in [2.75, 3.05) is 13.1 Å². The summed E-state index contributed by atoms with van der Waals surface area (Å²) < 4.78 is 26.1. The summed E-state index contributed by atoms with van der Waals surface area (Å²) in [6, 6.07) is 5.15. The van der Waals surface area contributed by atoms with Crippen molar-refractivity contribution in [2.24, 2.45) is 5.92 Å². The Morgan fingerprint density at radius 2 is 1.84 bits per heavy atom. The van der Waals surface area contributed by atoms with Crippen LogP contribution in [0.1, 0.15) is 17.5 Å². The summed E-state index contributed by atoms with van der Waals surface area (Å²) >= 11 is 0. The summed E-state index contributed by atoms with van der Waals surface area (Å²) in [5, 5.41) is 8.93. The van der Waals surface area contributed by atoms with Crippen LogP contribution in [0.5, 0.6) is 0 Å². The van der Waals surface area contributed by atoms with Crippen LogP contribution in [0.3, 0.4) is 0 Å². The topological polar surface area (TPSA) is 74.7 Å². The number of hydrogen-bond donors (Lipinski definition) is 1. The van der Waals surface area contributed by atoms with E-state index in [0.29, 0.717) is 6.42 Å². The highest BCUT2D eigenvalue weighted by Gasteiger charge is 2.35. The number of benzene rings is 1. The second-order valence-corrected chi connectivity index (χ2v) is 6.95. The van der Waals surface area contributed by atoms with Crippen molar-refractivity contribution < 1.29 is 18.3 Å². The van der Waals surface area contributed by atoms with E-state index in [1.54, 1.807) is 12.1 Å². The standard InChI is InChI=1S/C13H17NO4S/c1-9-5-10(2)7-12(6-9)19(17,18)14-4-3-11(8-14)13(15)16/h5-7,11H,3-4,8H2,1-2H3,(H,15,16). The van der Waals surface area contributed by atoms with Gasteiger partial charge in [-0.15, -0.1) is 0 Å². The van der Waals surface area contributed by atoms with E-state index in [1.807, 2.05) is 19.9 Å². The molecule has 2 rings (SSSR count). The van der Waals surface area contributed by atoms with Crippen molar-refractivity contribution in [3.05, 3.63) is 29.3 Å². The van der Waals surface area contributed by atoms with Crippen LogP contribution in [0.15, 0.2) is 23.1 Å². The van der Waals surface area contributed by atoms with Crippen molar-refractivity contribution in [3.63, 3.8) is 0 Å². The number of carbonyl (C=O) groups is 1. The van der Waals surface area contributed by atoms with Gasteiger partial charge in [0, 0.05) is 13.1 Å². The summed E-state index contributed by atoms with van der Waals surface area (Å²) in [6.45, 7) is 4.02. The third-order valence-electron chi connectivity index (χ3n) is 3.33. The third kappa shape index (κ3) is 2.79. The molecule has 0 aliphatic carbocycles. The summed E-state index contributed by atoms with van der Waals surface area (Å²) in [4.78, 5) is 11.1. The van der Waals surface area contributed by atoms with Gasteiger partial charge >= 0.3 is 5.97 Å². The maximum atomic E-state index is 12.4. The van der Waals surface area contributed by atoms with Gasteiger partial charge in [-0.05, 0) is 43.5 Å². The van der Waals surface area contributed by atoms with E-state index >= 15 is 0 Å². The molecule has 0 amide bonds. The first-order valence-corrected chi connectivity index (χ1v) is 7.56. The highest BCUT2D eigenvalue weighted by Crippen LogP contribution is 2.25. The monoisotopic (exact) mass is 283 g/mol. The zero-order valence-electron chi connectivity index (χ0n) is 11.0. The maximum Gasteiger partial charge on any atom is 0.307 e. The Morgan fingerprint density at radius 1 is 1.26 bits per heavy atom. The molecule has 1 heterocycles. The van der Waals surface area contributed by atoms with Crippen LogP contribution in [0.4, 0.5) is 0 Å². The maximum absolute atomic E-state index is 12.4. The van der Waals surface area contributed by atoms with Gasteiger partial charge in [0.15, 0.2) is 0 Å². The number of rotatable bonds is 3. The molecule has 1 saturated heterocycles. The first-order chi connectivity index (χ1) is 8.80. The minimum absolute atomic E-state index is 0.0602. The van der Waals surface area contributed by atoms with Crippen molar-refractivity contribution in [2.45, 2.75) is 25.2 Å². The van der Waals surface area contributed by atoms with Gasteiger partial charge in [0.05, 0.1) is 10.8 Å². The van der Waals surface area contributed by atoms with E-state index in [1.165, 1.54) is 4.31 Å². The number of carboxylic acid groups (broad SMARTS) is 1. The molecular weight excluding hydrogens is 266 g/mol. The molecule has 1 fully saturated rings. The Kier molecular flexibility index (Phi) is 3.64. The summed E-state index contributed by atoms with van der Waals surface area (Å²) in [6.07, 6.45) is 0.374. The molecule has 104 valence electrons. The molecule has 5 nitrogen and oxygen atoms in total. The Balaban J connectivity index is 2.31. The van der Waals surface area contributed by atoms with E-state index in [2.05, 4.69) is 0 Å². The SMILES string of the molecule is Cc1cc(C)cc(S(=O)(=O)N2CCC(C(=O)O)C2)c1. The van der Waals surface area contributed by atoms with Gasteiger partial charge in [0.25, 0.3) is 0 Å². The fourth-order valence-electron chi connectivity index (χ4n) is 2.38. The number of aliphatic carboxylic acids is 1. The normalized spacial score (nSPS) is 20.6. The average molecular weight is 283 g/mol. The van der Waals surface area contributed by atoms with Crippen molar-refractivity contribution in [1.82, 2.24) is 4.31 Å². The lowest BCUT2D eigenvalue weighted by molar-refractivity contribution is -0.141. The van der Waals surface area contributed by atoms with Crippen LogP contribution >= 0.6 is 0 Å². The molecule has 1 N–H and O–H groups in total. The van der Waals surface area contributed by atoms with Crippen LogP contribution < -0.4 is 0 Å². The second-order valence-electron chi connectivity index (χ2n) is 5.01. The van der Waals surface area contributed by atoms with E-state index in [-0.39, 0.29) is 18.0 Å². The van der Waals surface area contributed by atoms with Crippen LogP contribution in [0.25, 0.3) is 0 Å². The first-order valence-electron chi connectivity index (χ1n) is 6.12. The summed E-state index contributed by atoms with van der Waals surface area (Å²) in [5.74, 6) is -1.53. The summed E-state index contributed by atoms with van der Waals surface area (Å²) in [5.41, 5.74) is 1.76. The average Bonchev–Trinajstić information content (AvgIpc) is 2.77. The minimum Gasteiger partial charge on any atom is -0.481 e. The van der Waals surface area contributed by atoms with E-state index in [4.69, 9.17) is 5.11 Å². The zero-order valence-corrected chi connectivity index (χ0v) is 11.8. The van der Waals surface area contributed by atoms with E-state index in [9.17, 15) is 13.2 Å². The van der Waals surface area contributed by atoms with Gasteiger partial charge in [0.2, 0.25) is 10.0 Å². The van der Waals surface area contributed by atoms with Gasteiger partial charge in [-0.1, -0.05) is 6.07 Å². The van der Waals surface area contributed by atoms with Gasteiger partial charge in [-0.3, -0.25) is 4.79 Å². The number of aryl methyl sites for hydroxylation is 2. The molecule has 0 bridgehead atoms. The molecule has 1 unspecified atom stereocenters. The van der Waals surface area contributed by atoms with Crippen LogP contribution in [-0.2, 0) is 14.8 Å². The number of carboxylic acids is 1. The number of hydrogen-bond acceptors (Lipinski definition) is 3. The molecule has 1 aromatic carbocycles. The molecule has 6 heteroatoms. The first kappa shape index (κ1) is 14.0. The lowest BCUT2D eigenvalue weighted by Gasteiger charge is -2.16. The zero-order chi connectivity index (χ0) is 14.2. The highest BCUT2D eigenvalue weighted by atomic mass is 32.2. The molecule has 1 aliphatic heterocycles. The quantitative estimate of drug-likeness (QED) is 0.910. The largest absolute Gasteiger partial charge is 0.481 e. The van der Waals surface area contributed by atoms with Crippen molar-refractivity contribution >= 4 is 16.0 Å². The Morgan fingerprint density at radius 3 is 2.32 bits per heavy atom. The van der Waals surface area contributed by atoms with Crippen LogP contribution in [0.2, 0.25) is 0 Å². The fourth-order valence-corrected chi connectivity index (χ4v) is 4.07. The Labute approximate surface area is 112 Å². The number of sulfonamides is 1. The predicted molar refractivity (Wildman–Crippen MR) is 70.4 cm³/mol. The van der Waals surface area contributed by atoms with Crippen LogP contribution in [-0.4, -0.2) is 36.9 Å². The van der Waals surface area contributed by atoms with Gasteiger partial charge < -0.3 is 5.11 Å². The molecule has 19 heavy (non-hydrogen) atoms. The van der Waals surface area contributed by atoms with Gasteiger partial charge in [0.1, 0.15) is 0 Å². The lowest BCUT2D eigenvalue weighted by atomic mass is 10.1. The summed E-state index contributed by atoms with van der Waals surface area (Å²) in [7, 11) is -3.58. The van der Waals surface area contributed by atoms with E-state index < -0.39 is 21.9 Å². The molecule has 1 aromatic rings. The molecule has 0 aromatic heterocycles. The molecule has 1 aliphatic rings. The molecule has 1 atom stereocenters. The Bertz CT molecular complexity index is 589. The lowest BCUT2D eigenvalue weighted by Crippen LogP contribution is -2.30. The van der Waals surface area contributed by atoms with Gasteiger partial charge in [-0.2, -0.15) is 4.31 Å². The molecule has 0 spiro atoms. The number of nitrogens with zero attached hydrogens (tertiary/aromatic N) is 1. The van der Waals surface area contributed by atoms with Crippen molar-refractivity contribution in [3.8, 4) is 0 Å². The minimum atomic E-state index is -3.58.